The van der Waals surface area contributed by atoms with Crippen LogP contribution in [0.2, 0.25) is 5.02 Å². The van der Waals surface area contributed by atoms with Gasteiger partial charge in [0.05, 0.1) is 29.4 Å². The van der Waals surface area contributed by atoms with Gasteiger partial charge in [0.2, 0.25) is 5.91 Å². The number of hydrogen-bond acceptors (Lipinski definition) is 4. The van der Waals surface area contributed by atoms with Gasteiger partial charge < -0.3 is 10.1 Å². The summed E-state index contributed by atoms with van der Waals surface area (Å²) in [5, 5.41) is 3.22. The van der Waals surface area contributed by atoms with E-state index < -0.39 is 5.97 Å². The fraction of sp³-hybridized carbons (Fsp3) is 0.200. The highest BCUT2D eigenvalue weighted by Gasteiger charge is 2.25. The normalized spacial score (nSPS) is 11.8. The smallest absolute Gasteiger partial charge is 0.339 e. The van der Waals surface area contributed by atoms with E-state index in [0.29, 0.717) is 16.3 Å². The van der Waals surface area contributed by atoms with Crippen molar-refractivity contribution in [1.82, 2.24) is 4.90 Å². The van der Waals surface area contributed by atoms with Crippen molar-refractivity contribution in [3.63, 3.8) is 0 Å². The van der Waals surface area contributed by atoms with E-state index in [1.54, 1.807) is 12.1 Å². The third kappa shape index (κ3) is 4.79. The van der Waals surface area contributed by atoms with Gasteiger partial charge in [0, 0.05) is 12.5 Å². The molecule has 31 heavy (non-hydrogen) atoms. The first kappa shape index (κ1) is 22.5. The number of amides is 1. The van der Waals surface area contributed by atoms with Crippen LogP contribution in [0.5, 0.6) is 0 Å². The zero-order chi connectivity index (χ0) is 22.5. The van der Waals surface area contributed by atoms with E-state index in [1.165, 1.54) is 14.0 Å². The first-order valence-corrected chi connectivity index (χ1v) is 10.2. The van der Waals surface area contributed by atoms with Crippen LogP contribution in [0.3, 0.4) is 0 Å². The van der Waals surface area contributed by atoms with Gasteiger partial charge >= 0.3 is 5.97 Å². The molecule has 0 saturated heterocycles. The Morgan fingerprint density at radius 2 is 1.61 bits per heavy atom. The minimum Gasteiger partial charge on any atom is -0.465 e. The van der Waals surface area contributed by atoms with Gasteiger partial charge in [-0.05, 0) is 42.9 Å². The van der Waals surface area contributed by atoms with Crippen molar-refractivity contribution in [2.24, 2.45) is 0 Å². The van der Waals surface area contributed by atoms with Crippen LogP contribution in [-0.2, 0) is 9.53 Å². The van der Waals surface area contributed by atoms with Gasteiger partial charge in [-0.25, -0.2) is 4.79 Å². The summed E-state index contributed by atoms with van der Waals surface area (Å²) in [6, 6.07) is 21.1. The second kappa shape index (κ2) is 9.77. The van der Waals surface area contributed by atoms with Gasteiger partial charge in [0.1, 0.15) is 0 Å². The van der Waals surface area contributed by atoms with E-state index in [1.807, 2.05) is 56.6 Å². The van der Waals surface area contributed by atoms with E-state index in [-0.39, 0.29) is 17.5 Å². The number of halogens is 1. The second-order valence-corrected chi connectivity index (χ2v) is 7.79. The molecule has 160 valence electrons. The number of nitrogens with one attached hydrogen (secondary N) is 1. The summed E-state index contributed by atoms with van der Waals surface area (Å²) < 4.78 is 4.93. The predicted octanol–water partition coefficient (Wildman–Crippen LogP) is 5.40. The van der Waals surface area contributed by atoms with Crippen LogP contribution >= 0.6 is 11.6 Å². The Balaban J connectivity index is 2.32. The minimum atomic E-state index is -0.550. The maximum Gasteiger partial charge on any atom is 0.339 e. The molecule has 0 spiro atoms. The Morgan fingerprint density at radius 1 is 0.968 bits per heavy atom. The Kier molecular flexibility index (Phi) is 7.10. The molecule has 3 aromatic rings. The summed E-state index contributed by atoms with van der Waals surface area (Å²) in [5.41, 5.74) is 4.09. The summed E-state index contributed by atoms with van der Waals surface area (Å²) in [7, 11) is 5.32. The van der Waals surface area contributed by atoms with Crippen molar-refractivity contribution in [2.45, 2.75) is 13.0 Å². The highest BCUT2D eigenvalue weighted by atomic mass is 35.5. The van der Waals surface area contributed by atoms with Gasteiger partial charge in [0.15, 0.2) is 0 Å². The van der Waals surface area contributed by atoms with E-state index in [9.17, 15) is 9.59 Å². The van der Waals surface area contributed by atoms with Crippen LogP contribution in [-0.4, -0.2) is 38.0 Å². The number of carbonyl (C=O) groups is 2. The van der Waals surface area contributed by atoms with Crippen LogP contribution < -0.4 is 5.32 Å². The predicted molar refractivity (Wildman–Crippen MR) is 125 cm³/mol. The number of hydrogen-bond donors (Lipinski definition) is 1. The number of nitrogens with zero attached hydrogens (tertiary/aromatic N) is 1. The fourth-order valence-corrected chi connectivity index (χ4v) is 4.04. The van der Waals surface area contributed by atoms with Crippen LogP contribution in [0.4, 0.5) is 5.69 Å². The molecular weight excluding hydrogens is 412 g/mol. The zero-order valence-corrected chi connectivity index (χ0v) is 18.7. The van der Waals surface area contributed by atoms with Crippen molar-refractivity contribution in [2.75, 3.05) is 26.5 Å². The lowest BCUT2D eigenvalue weighted by Gasteiger charge is -2.28. The number of carbonyl (C=O) groups excluding carboxylic acids is 2. The number of benzene rings is 3. The van der Waals surface area contributed by atoms with Crippen molar-refractivity contribution in [3.05, 3.63) is 88.4 Å². The molecule has 1 unspecified atom stereocenters. The third-order valence-corrected chi connectivity index (χ3v) is 5.33. The molecule has 0 aliphatic rings. The molecule has 6 heteroatoms. The maximum absolute atomic E-state index is 12.4. The molecule has 0 saturated carbocycles. The van der Waals surface area contributed by atoms with Gasteiger partial charge in [-0.1, -0.05) is 66.2 Å². The molecule has 1 N–H and O–H groups in total. The molecule has 0 bridgehead atoms. The van der Waals surface area contributed by atoms with Crippen molar-refractivity contribution in [3.8, 4) is 11.1 Å². The quantitative estimate of drug-likeness (QED) is 0.525. The van der Waals surface area contributed by atoms with E-state index in [4.69, 9.17) is 16.3 Å². The number of anilines is 1. The Labute approximate surface area is 187 Å². The fourth-order valence-electron chi connectivity index (χ4n) is 3.78. The van der Waals surface area contributed by atoms with E-state index in [0.717, 1.165) is 16.7 Å². The van der Waals surface area contributed by atoms with Crippen LogP contribution in [0.25, 0.3) is 11.1 Å². The zero-order valence-electron chi connectivity index (χ0n) is 18.0. The van der Waals surface area contributed by atoms with Gasteiger partial charge in [-0.2, -0.15) is 0 Å². The summed E-state index contributed by atoms with van der Waals surface area (Å²) in [5.74, 6) is -0.857. The molecule has 0 aromatic heterocycles. The van der Waals surface area contributed by atoms with Gasteiger partial charge in [0.25, 0.3) is 0 Å². The van der Waals surface area contributed by atoms with E-state index in [2.05, 4.69) is 22.3 Å². The molecule has 0 aliphatic heterocycles. The average molecular weight is 437 g/mol. The highest BCUT2D eigenvalue weighted by molar-refractivity contribution is 6.34. The lowest BCUT2D eigenvalue weighted by molar-refractivity contribution is -0.114. The van der Waals surface area contributed by atoms with Crippen molar-refractivity contribution in [1.29, 1.82) is 0 Å². The van der Waals surface area contributed by atoms with Crippen molar-refractivity contribution < 1.29 is 14.3 Å². The maximum atomic E-state index is 12.4. The summed E-state index contributed by atoms with van der Waals surface area (Å²) >= 11 is 6.65. The number of ether oxygens (including phenoxy) is 1. The summed E-state index contributed by atoms with van der Waals surface area (Å²) in [4.78, 5) is 26.6. The molecule has 0 heterocycles. The molecule has 0 fully saturated rings. The SMILES string of the molecule is COC(=O)c1ccc(Cl)c(-c2ccccc2C(c2ccccc2)N(C)C)c1NC(C)=O. The van der Waals surface area contributed by atoms with Crippen LogP contribution in [0.1, 0.15) is 34.5 Å². The molecule has 3 rings (SSSR count). The van der Waals surface area contributed by atoms with Crippen LogP contribution in [0, 0.1) is 0 Å². The molecule has 1 atom stereocenters. The summed E-state index contributed by atoms with van der Waals surface area (Å²) in [6.07, 6.45) is 0. The summed E-state index contributed by atoms with van der Waals surface area (Å²) in [6.45, 7) is 1.39. The highest BCUT2D eigenvalue weighted by Crippen LogP contribution is 2.43. The van der Waals surface area contributed by atoms with Gasteiger partial charge in [-0.3, -0.25) is 9.69 Å². The van der Waals surface area contributed by atoms with Gasteiger partial charge in [-0.15, -0.1) is 0 Å². The lowest BCUT2D eigenvalue weighted by atomic mass is 9.88. The Hall–Kier alpha value is -3.15. The molecule has 0 radical (unpaired) electrons. The number of rotatable bonds is 6. The minimum absolute atomic E-state index is 0.0690. The number of esters is 1. The standard InChI is InChI=1S/C25H25ClN2O3/c1-16(29)27-23-20(25(30)31-4)14-15-21(26)22(23)18-12-8-9-13-19(18)24(28(2)3)17-10-6-5-7-11-17/h5-15,24H,1-4H3,(H,27,29). The monoisotopic (exact) mass is 436 g/mol. The lowest BCUT2D eigenvalue weighted by Crippen LogP contribution is -2.22. The third-order valence-electron chi connectivity index (χ3n) is 5.02. The topological polar surface area (TPSA) is 58.6 Å². The second-order valence-electron chi connectivity index (χ2n) is 7.38. The Bertz CT molecular complexity index is 1100. The number of methoxy groups -OCH3 is 1. The first-order valence-electron chi connectivity index (χ1n) is 9.84. The molecule has 3 aromatic carbocycles. The van der Waals surface area contributed by atoms with Crippen molar-refractivity contribution >= 4 is 29.2 Å². The molecule has 1 amide bonds. The Morgan fingerprint density at radius 3 is 2.23 bits per heavy atom. The average Bonchev–Trinajstić information content (AvgIpc) is 2.74. The van der Waals surface area contributed by atoms with Crippen LogP contribution in [0.15, 0.2) is 66.7 Å². The first-order chi connectivity index (χ1) is 14.8. The molecular formula is C25H25ClN2O3. The van der Waals surface area contributed by atoms with E-state index >= 15 is 0 Å². The molecule has 5 nitrogen and oxygen atoms in total. The molecule has 0 aliphatic carbocycles. The largest absolute Gasteiger partial charge is 0.465 e.